The van der Waals surface area contributed by atoms with Crippen LogP contribution in [0.1, 0.15) is 26.2 Å². The number of carbonyl (C=O) groups is 1. The number of amides is 1. The van der Waals surface area contributed by atoms with Crippen molar-refractivity contribution in [2.75, 3.05) is 0 Å². The number of nitrogens with zero attached hydrogens (tertiary/aromatic N) is 3. The first-order chi connectivity index (χ1) is 10.3. The van der Waals surface area contributed by atoms with Crippen molar-refractivity contribution in [3.8, 4) is 11.7 Å². The topological polar surface area (TPSA) is 69.0 Å². The number of nitrogens with one attached hydrogen (secondary N) is 1. The zero-order chi connectivity index (χ0) is 14.7. The van der Waals surface area contributed by atoms with Gasteiger partial charge in [0.2, 0.25) is 0 Å². The van der Waals surface area contributed by atoms with Gasteiger partial charge >= 0.3 is 6.01 Å². The van der Waals surface area contributed by atoms with Crippen LogP contribution in [0.25, 0.3) is 5.69 Å². The van der Waals surface area contributed by atoms with Crippen molar-refractivity contribution in [1.29, 1.82) is 0 Å². The van der Waals surface area contributed by atoms with Gasteiger partial charge in [0.1, 0.15) is 6.33 Å². The molecule has 0 spiro atoms. The summed E-state index contributed by atoms with van der Waals surface area (Å²) >= 11 is 0. The fourth-order valence-electron chi connectivity index (χ4n) is 1.98. The molecule has 110 valence electrons. The van der Waals surface area contributed by atoms with Gasteiger partial charge in [-0.15, -0.1) is 5.10 Å². The number of benzene rings is 1. The molecule has 0 radical (unpaired) electrons. The predicted octanol–water partition coefficient (Wildman–Crippen LogP) is 1.70. The summed E-state index contributed by atoms with van der Waals surface area (Å²) in [5, 5.41) is 7.19. The minimum absolute atomic E-state index is 0.0870. The Morgan fingerprint density at radius 3 is 2.86 bits per heavy atom. The lowest BCUT2D eigenvalue weighted by molar-refractivity contribution is -0.128. The molecule has 1 N–H and O–H groups in total. The van der Waals surface area contributed by atoms with Crippen LogP contribution in [-0.4, -0.2) is 32.8 Å². The van der Waals surface area contributed by atoms with E-state index in [1.54, 1.807) is 11.0 Å². The first-order valence-electron chi connectivity index (χ1n) is 7.20. The zero-order valence-corrected chi connectivity index (χ0v) is 11.9. The second kappa shape index (κ2) is 5.95. The van der Waals surface area contributed by atoms with Crippen LogP contribution in [0, 0.1) is 0 Å². The van der Waals surface area contributed by atoms with E-state index in [1.807, 2.05) is 37.3 Å². The summed E-state index contributed by atoms with van der Waals surface area (Å²) in [6, 6.07) is 10.2. The van der Waals surface area contributed by atoms with Crippen LogP contribution in [0.2, 0.25) is 0 Å². The standard InChI is InChI=1S/C15H18N4O2/c1-2-13(14(20)17-11-8-9-11)21-15-16-10-19(18-15)12-6-4-3-5-7-12/h3-7,10-11,13H,2,8-9H2,1H3,(H,17,20). The van der Waals surface area contributed by atoms with Crippen molar-refractivity contribution in [1.82, 2.24) is 20.1 Å². The molecule has 21 heavy (non-hydrogen) atoms. The van der Waals surface area contributed by atoms with E-state index >= 15 is 0 Å². The summed E-state index contributed by atoms with van der Waals surface area (Å²) in [6.07, 6.45) is 3.73. The smallest absolute Gasteiger partial charge is 0.336 e. The van der Waals surface area contributed by atoms with Gasteiger partial charge in [-0.25, -0.2) is 4.68 Å². The number of rotatable bonds is 6. The van der Waals surface area contributed by atoms with E-state index in [9.17, 15) is 4.79 Å². The minimum Gasteiger partial charge on any atom is -0.449 e. The molecule has 1 atom stereocenters. The van der Waals surface area contributed by atoms with Crippen molar-refractivity contribution in [3.05, 3.63) is 36.7 Å². The number of para-hydroxylation sites is 1. The molecule has 0 saturated heterocycles. The number of hydrogen-bond donors (Lipinski definition) is 1. The highest BCUT2D eigenvalue weighted by molar-refractivity contribution is 5.81. The molecule has 0 bridgehead atoms. The van der Waals surface area contributed by atoms with Crippen molar-refractivity contribution in [3.63, 3.8) is 0 Å². The van der Waals surface area contributed by atoms with Crippen LogP contribution < -0.4 is 10.1 Å². The maximum Gasteiger partial charge on any atom is 0.336 e. The summed E-state index contributed by atoms with van der Waals surface area (Å²) in [4.78, 5) is 16.1. The largest absolute Gasteiger partial charge is 0.449 e. The van der Waals surface area contributed by atoms with Crippen LogP contribution in [0.5, 0.6) is 6.01 Å². The fourth-order valence-corrected chi connectivity index (χ4v) is 1.98. The van der Waals surface area contributed by atoms with Crippen LogP contribution in [0.15, 0.2) is 36.7 Å². The number of ether oxygens (including phenoxy) is 1. The zero-order valence-electron chi connectivity index (χ0n) is 11.9. The van der Waals surface area contributed by atoms with Gasteiger partial charge < -0.3 is 10.1 Å². The maximum atomic E-state index is 12.0. The summed E-state index contributed by atoms with van der Waals surface area (Å²) in [5.41, 5.74) is 0.898. The molecule has 6 heteroatoms. The molecule has 1 unspecified atom stereocenters. The molecule has 1 aliphatic rings. The normalized spacial score (nSPS) is 15.5. The third-order valence-electron chi connectivity index (χ3n) is 3.33. The Kier molecular flexibility index (Phi) is 3.85. The van der Waals surface area contributed by atoms with Gasteiger partial charge in [-0.3, -0.25) is 4.79 Å². The van der Waals surface area contributed by atoms with Gasteiger partial charge in [0.05, 0.1) is 5.69 Å². The Morgan fingerprint density at radius 2 is 2.19 bits per heavy atom. The molecule has 1 heterocycles. The number of hydrogen-bond acceptors (Lipinski definition) is 4. The molecule has 0 aliphatic heterocycles. The first-order valence-corrected chi connectivity index (χ1v) is 7.20. The quantitative estimate of drug-likeness (QED) is 0.877. The highest BCUT2D eigenvalue weighted by Crippen LogP contribution is 2.19. The first kappa shape index (κ1) is 13.6. The van der Waals surface area contributed by atoms with Gasteiger partial charge in [0.15, 0.2) is 6.10 Å². The van der Waals surface area contributed by atoms with E-state index in [2.05, 4.69) is 15.4 Å². The lowest BCUT2D eigenvalue weighted by Gasteiger charge is -2.14. The third-order valence-corrected chi connectivity index (χ3v) is 3.33. The van der Waals surface area contributed by atoms with Crippen molar-refractivity contribution in [2.45, 2.75) is 38.3 Å². The highest BCUT2D eigenvalue weighted by atomic mass is 16.5. The Balaban J connectivity index is 1.66. The van der Waals surface area contributed by atoms with Crippen molar-refractivity contribution >= 4 is 5.91 Å². The van der Waals surface area contributed by atoms with E-state index in [0.29, 0.717) is 12.5 Å². The molecular formula is C15H18N4O2. The summed E-state index contributed by atoms with van der Waals surface area (Å²) in [5.74, 6) is -0.0870. The lowest BCUT2D eigenvalue weighted by atomic mass is 10.2. The highest BCUT2D eigenvalue weighted by Gasteiger charge is 2.28. The van der Waals surface area contributed by atoms with Crippen LogP contribution >= 0.6 is 0 Å². The van der Waals surface area contributed by atoms with E-state index < -0.39 is 6.10 Å². The fraction of sp³-hybridized carbons (Fsp3) is 0.400. The maximum absolute atomic E-state index is 12.0. The van der Waals surface area contributed by atoms with Gasteiger partial charge in [-0.1, -0.05) is 25.1 Å². The van der Waals surface area contributed by atoms with E-state index in [-0.39, 0.29) is 11.9 Å². The molecule has 3 rings (SSSR count). The van der Waals surface area contributed by atoms with Gasteiger partial charge in [0, 0.05) is 6.04 Å². The molecule has 1 aliphatic carbocycles. The van der Waals surface area contributed by atoms with E-state index in [4.69, 9.17) is 4.74 Å². The molecular weight excluding hydrogens is 268 g/mol. The summed E-state index contributed by atoms with van der Waals surface area (Å²) in [6.45, 7) is 1.91. The van der Waals surface area contributed by atoms with E-state index in [0.717, 1.165) is 18.5 Å². The average Bonchev–Trinajstić information content (AvgIpc) is 3.20. The van der Waals surface area contributed by atoms with Crippen LogP contribution in [0.4, 0.5) is 0 Å². The lowest BCUT2D eigenvalue weighted by Crippen LogP contribution is -2.39. The molecule has 1 aromatic heterocycles. The van der Waals surface area contributed by atoms with Crippen molar-refractivity contribution < 1.29 is 9.53 Å². The molecule has 1 saturated carbocycles. The molecule has 1 fully saturated rings. The van der Waals surface area contributed by atoms with Crippen LogP contribution in [-0.2, 0) is 4.79 Å². The van der Waals surface area contributed by atoms with Crippen molar-refractivity contribution in [2.24, 2.45) is 0 Å². The van der Waals surface area contributed by atoms with Gasteiger partial charge in [-0.05, 0) is 31.4 Å². The molecule has 2 aromatic rings. The second-order valence-electron chi connectivity index (χ2n) is 5.10. The van der Waals surface area contributed by atoms with E-state index in [1.165, 1.54) is 0 Å². The monoisotopic (exact) mass is 286 g/mol. The van der Waals surface area contributed by atoms with Gasteiger partial charge in [0.25, 0.3) is 5.91 Å². The van der Waals surface area contributed by atoms with Crippen LogP contribution in [0.3, 0.4) is 0 Å². The SMILES string of the molecule is CCC(Oc1ncn(-c2ccccc2)n1)C(=O)NC1CC1. The third kappa shape index (κ3) is 3.39. The van der Waals surface area contributed by atoms with Gasteiger partial charge in [-0.2, -0.15) is 4.98 Å². The second-order valence-corrected chi connectivity index (χ2v) is 5.10. The summed E-state index contributed by atoms with van der Waals surface area (Å²) in [7, 11) is 0. The predicted molar refractivity (Wildman–Crippen MR) is 77.2 cm³/mol. The minimum atomic E-state index is -0.544. The average molecular weight is 286 g/mol. The molecule has 6 nitrogen and oxygen atoms in total. The Labute approximate surface area is 123 Å². The Hall–Kier alpha value is -2.37. The summed E-state index contributed by atoms with van der Waals surface area (Å²) < 4.78 is 7.23. The number of carbonyl (C=O) groups excluding carboxylic acids is 1. The Morgan fingerprint density at radius 1 is 1.43 bits per heavy atom. The molecule has 1 amide bonds. The molecule has 1 aromatic carbocycles. The Bertz CT molecular complexity index is 607. The number of aromatic nitrogens is 3.